The highest BCUT2D eigenvalue weighted by molar-refractivity contribution is 5.79. The van der Waals surface area contributed by atoms with Crippen molar-refractivity contribution < 1.29 is 4.74 Å². The number of hydrogen-bond acceptors (Lipinski definition) is 4. The lowest BCUT2D eigenvalue weighted by Gasteiger charge is -2.12. The van der Waals surface area contributed by atoms with Crippen LogP contribution in [-0.4, -0.2) is 40.5 Å². The predicted molar refractivity (Wildman–Crippen MR) is 115 cm³/mol. The molecule has 3 rings (SSSR count). The Morgan fingerprint density at radius 3 is 2.93 bits per heavy atom. The molecule has 0 atom stereocenters. The molecule has 1 aromatic heterocycles. The van der Waals surface area contributed by atoms with Crippen LogP contribution in [-0.2, 0) is 26.1 Å². The molecule has 0 spiro atoms. The van der Waals surface area contributed by atoms with Gasteiger partial charge in [-0.15, -0.1) is 0 Å². The Hall–Kier alpha value is -2.77. The average Bonchev–Trinajstić information content (AvgIpc) is 3.05. The maximum Gasteiger partial charge on any atom is 0.345 e. The fourth-order valence-electron chi connectivity index (χ4n) is 3.52. The summed E-state index contributed by atoms with van der Waals surface area (Å²) in [7, 11) is 1.68. The lowest BCUT2D eigenvalue weighted by molar-refractivity contribution is 0.409. The van der Waals surface area contributed by atoms with Gasteiger partial charge in [-0.2, -0.15) is 5.10 Å². The highest BCUT2D eigenvalue weighted by atomic mass is 16.5. The quantitative estimate of drug-likeness (QED) is 0.401. The summed E-state index contributed by atoms with van der Waals surface area (Å²) >= 11 is 0. The lowest BCUT2D eigenvalue weighted by Crippen LogP contribution is -2.38. The Morgan fingerprint density at radius 1 is 1.31 bits per heavy atom. The zero-order valence-electron chi connectivity index (χ0n) is 17.7. The molecular formula is C21H32N6O2. The second-order valence-corrected chi connectivity index (χ2v) is 7.32. The van der Waals surface area contributed by atoms with Crippen LogP contribution >= 0.6 is 0 Å². The van der Waals surface area contributed by atoms with Crippen molar-refractivity contribution >= 4 is 5.96 Å². The third-order valence-corrected chi connectivity index (χ3v) is 5.06. The van der Waals surface area contributed by atoms with Gasteiger partial charge in [-0.05, 0) is 44.7 Å². The number of aliphatic imine (C=N–C) groups is 1. The highest BCUT2D eigenvalue weighted by Crippen LogP contribution is 2.20. The molecule has 2 heterocycles. The van der Waals surface area contributed by atoms with E-state index in [1.165, 1.54) is 0 Å². The van der Waals surface area contributed by atoms with E-state index < -0.39 is 0 Å². The number of guanidine groups is 1. The van der Waals surface area contributed by atoms with E-state index in [4.69, 9.17) is 4.74 Å². The van der Waals surface area contributed by atoms with Crippen LogP contribution < -0.4 is 21.1 Å². The summed E-state index contributed by atoms with van der Waals surface area (Å²) in [5.74, 6) is 2.54. The second-order valence-electron chi connectivity index (χ2n) is 7.32. The highest BCUT2D eigenvalue weighted by Gasteiger charge is 2.16. The summed E-state index contributed by atoms with van der Waals surface area (Å²) in [6.07, 6.45) is 3.88. The van der Waals surface area contributed by atoms with Crippen molar-refractivity contribution in [3.63, 3.8) is 0 Å². The average molecular weight is 401 g/mol. The summed E-state index contributed by atoms with van der Waals surface area (Å²) in [5, 5.41) is 11.1. The first-order valence-electron chi connectivity index (χ1n) is 10.4. The van der Waals surface area contributed by atoms with E-state index in [0.29, 0.717) is 19.6 Å². The first-order chi connectivity index (χ1) is 14.1. The molecule has 2 aromatic rings. The number of methoxy groups -OCH3 is 1. The van der Waals surface area contributed by atoms with Crippen molar-refractivity contribution in [2.45, 2.75) is 59.2 Å². The fourth-order valence-corrected chi connectivity index (χ4v) is 3.52. The van der Waals surface area contributed by atoms with Gasteiger partial charge in [0, 0.05) is 38.2 Å². The molecule has 2 N–H and O–H groups in total. The molecule has 8 nitrogen and oxygen atoms in total. The summed E-state index contributed by atoms with van der Waals surface area (Å²) in [4.78, 5) is 17.0. The van der Waals surface area contributed by atoms with Gasteiger partial charge in [0.25, 0.3) is 0 Å². The Bertz CT molecular complexity index is 899. The van der Waals surface area contributed by atoms with Crippen LogP contribution in [0.5, 0.6) is 5.75 Å². The van der Waals surface area contributed by atoms with Gasteiger partial charge >= 0.3 is 5.69 Å². The monoisotopic (exact) mass is 400 g/mol. The van der Waals surface area contributed by atoms with Gasteiger partial charge in [-0.3, -0.25) is 4.57 Å². The van der Waals surface area contributed by atoms with E-state index in [-0.39, 0.29) is 5.69 Å². The molecule has 1 aliphatic heterocycles. The molecule has 0 unspecified atom stereocenters. The minimum atomic E-state index is 0.0201. The number of nitrogens with one attached hydrogen (secondary N) is 2. The van der Waals surface area contributed by atoms with E-state index >= 15 is 0 Å². The van der Waals surface area contributed by atoms with Crippen molar-refractivity contribution in [2.24, 2.45) is 4.99 Å². The van der Waals surface area contributed by atoms with E-state index in [0.717, 1.165) is 67.4 Å². The van der Waals surface area contributed by atoms with Gasteiger partial charge in [0.2, 0.25) is 0 Å². The van der Waals surface area contributed by atoms with Crippen molar-refractivity contribution in [3.8, 4) is 5.75 Å². The standard InChI is InChI=1S/C21H32N6O2/c1-4-22-20(24-15-17-10-9-16(2)14-18(17)29-3)23-11-7-13-27-21(28)26-12-6-5-8-19(26)25-27/h9-10,14H,4-8,11-13,15H2,1-3H3,(H2,22,23,24). The van der Waals surface area contributed by atoms with E-state index in [1.54, 1.807) is 11.8 Å². The Balaban J connectivity index is 1.54. The molecule has 0 saturated heterocycles. The number of benzene rings is 1. The summed E-state index contributed by atoms with van der Waals surface area (Å²) in [6.45, 7) is 7.52. The minimum absolute atomic E-state index is 0.0201. The Kier molecular flexibility index (Phi) is 7.32. The first kappa shape index (κ1) is 21.0. The molecule has 0 bridgehead atoms. The van der Waals surface area contributed by atoms with E-state index in [1.807, 2.05) is 30.5 Å². The summed E-state index contributed by atoms with van der Waals surface area (Å²) < 4.78 is 8.88. The van der Waals surface area contributed by atoms with Gasteiger partial charge in [0.15, 0.2) is 5.96 Å². The normalized spacial score (nSPS) is 13.8. The van der Waals surface area contributed by atoms with E-state index in [2.05, 4.69) is 26.8 Å². The van der Waals surface area contributed by atoms with Gasteiger partial charge in [-0.25, -0.2) is 14.5 Å². The van der Waals surface area contributed by atoms with Crippen molar-refractivity contribution in [3.05, 3.63) is 45.6 Å². The van der Waals surface area contributed by atoms with Crippen LogP contribution in [0, 0.1) is 6.92 Å². The Labute approximate surface area is 172 Å². The third-order valence-electron chi connectivity index (χ3n) is 5.06. The smallest absolute Gasteiger partial charge is 0.345 e. The molecule has 158 valence electrons. The van der Waals surface area contributed by atoms with Gasteiger partial charge in [0.05, 0.1) is 13.7 Å². The largest absolute Gasteiger partial charge is 0.496 e. The molecule has 0 radical (unpaired) electrons. The number of aromatic nitrogens is 3. The topological polar surface area (TPSA) is 85.5 Å². The number of rotatable bonds is 8. The maximum atomic E-state index is 12.4. The third kappa shape index (κ3) is 5.40. The lowest BCUT2D eigenvalue weighted by atomic mass is 10.1. The molecule has 0 fully saturated rings. The van der Waals surface area contributed by atoms with Crippen molar-refractivity contribution in [2.75, 3.05) is 20.2 Å². The number of aryl methyl sites for hydroxylation is 3. The molecule has 0 saturated carbocycles. The SMILES string of the molecule is CCNC(=NCc1ccc(C)cc1OC)NCCCn1nc2n(c1=O)CCCC2. The molecule has 1 aromatic carbocycles. The number of nitrogens with zero attached hydrogens (tertiary/aromatic N) is 4. The number of ether oxygens (including phenoxy) is 1. The zero-order chi connectivity index (χ0) is 20.6. The predicted octanol–water partition coefficient (Wildman–Crippen LogP) is 1.84. The molecule has 29 heavy (non-hydrogen) atoms. The van der Waals surface area contributed by atoms with Gasteiger partial charge in [0.1, 0.15) is 11.6 Å². The van der Waals surface area contributed by atoms with E-state index in [9.17, 15) is 4.79 Å². The summed E-state index contributed by atoms with van der Waals surface area (Å²) in [5.41, 5.74) is 2.23. The minimum Gasteiger partial charge on any atom is -0.496 e. The fraction of sp³-hybridized carbons (Fsp3) is 0.571. The van der Waals surface area contributed by atoms with Crippen LogP contribution in [0.3, 0.4) is 0 Å². The molecule has 0 amide bonds. The molecule has 1 aliphatic rings. The second kappa shape index (κ2) is 10.1. The molecule has 8 heteroatoms. The van der Waals surface area contributed by atoms with Crippen molar-refractivity contribution in [1.82, 2.24) is 25.0 Å². The van der Waals surface area contributed by atoms with Crippen LogP contribution in [0.1, 0.15) is 43.1 Å². The van der Waals surface area contributed by atoms with Crippen molar-refractivity contribution in [1.29, 1.82) is 0 Å². The summed E-state index contributed by atoms with van der Waals surface area (Å²) in [6, 6.07) is 6.14. The zero-order valence-corrected chi connectivity index (χ0v) is 17.7. The Morgan fingerprint density at radius 2 is 2.17 bits per heavy atom. The van der Waals surface area contributed by atoms with Crippen LogP contribution in [0.4, 0.5) is 0 Å². The van der Waals surface area contributed by atoms with Gasteiger partial charge < -0.3 is 15.4 Å². The first-order valence-corrected chi connectivity index (χ1v) is 10.4. The molecular weight excluding hydrogens is 368 g/mol. The van der Waals surface area contributed by atoms with Gasteiger partial charge in [-0.1, -0.05) is 12.1 Å². The molecule has 0 aliphatic carbocycles. The number of fused-ring (bicyclic) bond motifs is 1. The van der Waals surface area contributed by atoms with Crippen LogP contribution in [0.25, 0.3) is 0 Å². The van der Waals surface area contributed by atoms with Crippen LogP contribution in [0.15, 0.2) is 28.0 Å². The van der Waals surface area contributed by atoms with Crippen LogP contribution in [0.2, 0.25) is 0 Å². The maximum absolute atomic E-state index is 12.4. The number of hydrogen-bond donors (Lipinski definition) is 2.